The summed E-state index contributed by atoms with van der Waals surface area (Å²) in [7, 11) is -3.11. The van der Waals surface area contributed by atoms with E-state index in [2.05, 4.69) is 20.8 Å². The fourth-order valence-electron chi connectivity index (χ4n) is 4.83. The third-order valence-electron chi connectivity index (χ3n) is 6.22. The highest BCUT2D eigenvalue weighted by molar-refractivity contribution is 7.89. The van der Waals surface area contributed by atoms with Gasteiger partial charge < -0.3 is 9.84 Å². The van der Waals surface area contributed by atoms with Crippen molar-refractivity contribution in [2.24, 2.45) is 17.8 Å². The Bertz CT molecular complexity index is 560. The van der Waals surface area contributed by atoms with E-state index in [1.807, 2.05) is 13.8 Å². The third kappa shape index (κ3) is 5.43. The Morgan fingerprint density at radius 1 is 1.31 bits per heavy atom. The van der Waals surface area contributed by atoms with Crippen molar-refractivity contribution < 1.29 is 18.3 Å². The first-order valence-corrected chi connectivity index (χ1v) is 11.9. The van der Waals surface area contributed by atoms with E-state index in [1.54, 1.807) is 4.31 Å². The van der Waals surface area contributed by atoms with E-state index in [1.165, 1.54) is 0 Å². The number of nitrogens with zero attached hydrogens (tertiary/aromatic N) is 1. The largest absolute Gasteiger partial charge is 0.389 e. The lowest BCUT2D eigenvalue weighted by Crippen LogP contribution is -2.48. The molecule has 2 fully saturated rings. The molecule has 0 aromatic heterocycles. The Morgan fingerprint density at radius 2 is 2.00 bits per heavy atom. The van der Waals surface area contributed by atoms with Gasteiger partial charge in [-0.1, -0.05) is 20.8 Å². The van der Waals surface area contributed by atoms with Gasteiger partial charge in [-0.05, 0) is 64.2 Å². The first kappa shape index (κ1) is 22.1. The molecule has 2 aliphatic rings. The first-order valence-electron chi connectivity index (χ1n) is 10.3. The Hall–Kier alpha value is -0.170. The number of sulfonamides is 1. The Balaban J connectivity index is 1.99. The maximum Gasteiger partial charge on any atom is 0.214 e. The molecule has 2 rings (SSSR count). The van der Waals surface area contributed by atoms with Gasteiger partial charge in [0, 0.05) is 24.6 Å². The van der Waals surface area contributed by atoms with Crippen LogP contribution in [0.3, 0.4) is 0 Å². The fraction of sp³-hybridized carbons (Fsp3) is 1.00. The number of ether oxygens (including phenoxy) is 1. The van der Waals surface area contributed by atoms with Crippen LogP contribution in [0.2, 0.25) is 0 Å². The lowest BCUT2D eigenvalue weighted by Gasteiger charge is -2.43. The average molecular weight is 390 g/mol. The molecule has 0 radical (unpaired) electrons. The Labute approximate surface area is 160 Å². The number of aliphatic hydroxyl groups is 1. The minimum Gasteiger partial charge on any atom is -0.389 e. The van der Waals surface area contributed by atoms with Gasteiger partial charge in [0.15, 0.2) is 0 Å². The van der Waals surface area contributed by atoms with E-state index in [-0.39, 0.29) is 17.2 Å². The minimum absolute atomic E-state index is 0.135. The standard InChI is InChI=1S/C20H39NO4S/c1-16(2)7-8-20(22)9-11-25-15-18(20)13-17(3)14-19(4,5)21-10-6-12-26(21,23)24/h16-18,22H,6-15H2,1-5H3/t17-,18?,20?/m0/s1. The molecule has 0 aliphatic carbocycles. The van der Waals surface area contributed by atoms with Crippen molar-refractivity contribution in [2.75, 3.05) is 25.5 Å². The molecule has 6 heteroatoms. The summed E-state index contributed by atoms with van der Waals surface area (Å²) < 4.78 is 32.0. The molecule has 26 heavy (non-hydrogen) atoms. The zero-order valence-corrected chi connectivity index (χ0v) is 18.1. The number of hydrogen-bond donors (Lipinski definition) is 1. The smallest absolute Gasteiger partial charge is 0.214 e. The predicted molar refractivity (Wildman–Crippen MR) is 106 cm³/mol. The van der Waals surface area contributed by atoms with Gasteiger partial charge in [0.25, 0.3) is 0 Å². The molecule has 2 heterocycles. The molecule has 0 aromatic carbocycles. The van der Waals surface area contributed by atoms with E-state index >= 15 is 0 Å². The first-order chi connectivity index (χ1) is 12.0. The second-order valence-electron chi connectivity index (χ2n) is 9.66. The van der Waals surface area contributed by atoms with Crippen LogP contribution in [-0.2, 0) is 14.8 Å². The summed E-state index contributed by atoms with van der Waals surface area (Å²) in [5, 5.41) is 11.2. The maximum absolute atomic E-state index is 12.3. The van der Waals surface area contributed by atoms with Gasteiger partial charge in [0.1, 0.15) is 0 Å². The maximum atomic E-state index is 12.3. The molecule has 0 bridgehead atoms. The number of rotatable bonds is 8. The predicted octanol–water partition coefficient (Wildman–Crippen LogP) is 3.42. The topological polar surface area (TPSA) is 66.8 Å². The van der Waals surface area contributed by atoms with Crippen molar-refractivity contribution in [3.8, 4) is 0 Å². The molecule has 2 saturated heterocycles. The van der Waals surface area contributed by atoms with Gasteiger partial charge in [-0.25, -0.2) is 8.42 Å². The Kier molecular flexibility index (Phi) is 7.20. The van der Waals surface area contributed by atoms with Crippen molar-refractivity contribution >= 4 is 10.0 Å². The lowest BCUT2D eigenvalue weighted by atomic mass is 9.73. The zero-order chi connectivity index (χ0) is 19.6. The zero-order valence-electron chi connectivity index (χ0n) is 17.3. The molecule has 154 valence electrons. The lowest BCUT2D eigenvalue weighted by molar-refractivity contribution is -0.125. The average Bonchev–Trinajstić information content (AvgIpc) is 2.88. The molecule has 3 atom stereocenters. The summed E-state index contributed by atoms with van der Waals surface area (Å²) in [6.07, 6.45) is 4.98. The molecule has 0 aromatic rings. The van der Waals surface area contributed by atoms with Crippen molar-refractivity contribution in [3.63, 3.8) is 0 Å². The molecule has 0 saturated carbocycles. The highest BCUT2D eigenvalue weighted by atomic mass is 32.2. The minimum atomic E-state index is -3.11. The summed E-state index contributed by atoms with van der Waals surface area (Å²) in [6, 6.07) is 0. The van der Waals surface area contributed by atoms with Gasteiger partial charge in [-0.2, -0.15) is 4.31 Å². The highest BCUT2D eigenvalue weighted by Gasteiger charge is 2.43. The van der Waals surface area contributed by atoms with Crippen LogP contribution < -0.4 is 0 Å². The van der Waals surface area contributed by atoms with E-state index in [9.17, 15) is 13.5 Å². The molecule has 2 aliphatic heterocycles. The molecule has 0 spiro atoms. The molecule has 1 N–H and O–H groups in total. The summed E-state index contributed by atoms with van der Waals surface area (Å²) in [5.41, 5.74) is -1.01. The Morgan fingerprint density at radius 3 is 2.58 bits per heavy atom. The van der Waals surface area contributed by atoms with Crippen LogP contribution in [0.1, 0.15) is 73.1 Å². The van der Waals surface area contributed by atoms with E-state index in [0.29, 0.717) is 38.0 Å². The van der Waals surface area contributed by atoms with Crippen molar-refractivity contribution in [1.29, 1.82) is 0 Å². The van der Waals surface area contributed by atoms with Crippen molar-refractivity contribution in [3.05, 3.63) is 0 Å². The van der Waals surface area contributed by atoms with Gasteiger partial charge in [-0.15, -0.1) is 0 Å². The second kappa shape index (κ2) is 8.46. The van der Waals surface area contributed by atoms with Crippen LogP contribution in [-0.4, -0.2) is 54.5 Å². The SMILES string of the molecule is CC(C)CCC1(O)CCOCC1C[C@H](C)CC(C)(C)N1CCCS1(=O)=O. The van der Waals surface area contributed by atoms with Crippen LogP contribution in [0, 0.1) is 17.8 Å². The van der Waals surface area contributed by atoms with Gasteiger partial charge >= 0.3 is 0 Å². The van der Waals surface area contributed by atoms with Crippen LogP contribution >= 0.6 is 0 Å². The van der Waals surface area contributed by atoms with Gasteiger partial charge in [-0.3, -0.25) is 0 Å². The molecule has 2 unspecified atom stereocenters. The highest BCUT2D eigenvalue weighted by Crippen LogP contribution is 2.39. The van der Waals surface area contributed by atoms with Crippen LogP contribution in [0.15, 0.2) is 0 Å². The van der Waals surface area contributed by atoms with E-state index < -0.39 is 15.6 Å². The van der Waals surface area contributed by atoms with Crippen LogP contribution in [0.25, 0.3) is 0 Å². The summed E-state index contributed by atoms with van der Waals surface area (Å²) >= 11 is 0. The normalized spacial score (nSPS) is 31.4. The molecular weight excluding hydrogens is 350 g/mol. The van der Waals surface area contributed by atoms with E-state index in [0.717, 1.165) is 32.1 Å². The molecular formula is C20H39NO4S. The monoisotopic (exact) mass is 389 g/mol. The second-order valence-corrected chi connectivity index (χ2v) is 11.7. The van der Waals surface area contributed by atoms with Gasteiger partial charge in [0.05, 0.1) is 18.0 Å². The summed E-state index contributed by atoms with van der Waals surface area (Å²) in [4.78, 5) is 0. The van der Waals surface area contributed by atoms with Crippen molar-refractivity contribution in [1.82, 2.24) is 4.31 Å². The molecule has 5 nitrogen and oxygen atoms in total. The third-order valence-corrected chi connectivity index (χ3v) is 8.38. The quantitative estimate of drug-likeness (QED) is 0.691. The van der Waals surface area contributed by atoms with Crippen molar-refractivity contribution in [2.45, 2.75) is 84.3 Å². The van der Waals surface area contributed by atoms with Crippen LogP contribution in [0.4, 0.5) is 0 Å². The fourth-order valence-corrected chi connectivity index (χ4v) is 6.78. The van der Waals surface area contributed by atoms with Gasteiger partial charge in [0.2, 0.25) is 10.0 Å². The molecule has 0 amide bonds. The summed E-state index contributed by atoms with van der Waals surface area (Å²) in [5.74, 6) is 1.32. The summed E-state index contributed by atoms with van der Waals surface area (Å²) in [6.45, 7) is 12.5. The van der Waals surface area contributed by atoms with E-state index in [4.69, 9.17) is 4.74 Å². The number of hydrogen-bond acceptors (Lipinski definition) is 4. The van der Waals surface area contributed by atoms with Crippen LogP contribution in [0.5, 0.6) is 0 Å².